The van der Waals surface area contributed by atoms with Gasteiger partial charge in [0.15, 0.2) is 17.6 Å². The van der Waals surface area contributed by atoms with Crippen LogP contribution in [0, 0.1) is 0 Å². The maximum Gasteiger partial charge on any atom is 0.306 e. The lowest BCUT2D eigenvalue weighted by molar-refractivity contribution is -0.155. The molecule has 0 fully saturated rings. The minimum atomic E-state index is -1.05. The van der Waals surface area contributed by atoms with E-state index >= 15 is 0 Å². The zero-order valence-corrected chi connectivity index (χ0v) is 16.6. The quantitative estimate of drug-likeness (QED) is 0.519. The smallest absolute Gasteiger partial charge is 0.306 e. The summed E-state index contributed by atoms with van der Waals surface area (Å²) < 4.78 is 15.5. The van der Waals surface area contributed by atoms with Gasteiger partial charge in [0.2, 0.25) is 0 Å². The summed E-state index contributed by atoms with van der Waals surface area (Å²) in [6.45, 7) is 1.43. The number of carbonyl (C=O) groups is 3. The Bertz CT molecular complexity index is 854. The number of benzene rings is 2. The van der Waals surface area contributed by atoms with E-state index in [2.05, 4.69) is 10.9 Å². The fourth-order valence-electron chi connectivity index (χ4n) is 2.47. The average molecular weight is 400 g/mol. The van der Waals surface area contributed by atoms with Crippen molar-refractivity contribution in [3.63, 3.8) is 0 Å². The van der Waals surface area contributed by atoms with Crippen LogP contribution in [-0.2, 0) is 20.7 Å². The van der Waals surface area contributed by atoms with E-state index < -0.39 is 23.9 Å². The van der Waals surface area contributed by atoms with Crippen molar-refractivity contribution in [2.45, 2.75) is 25.9 Å². The average Bonchev–Trinajstić information content (AvgIpc) is 2.75. The topological polar surface area (TPSA) is 103 Å². The van der Waals surface area contributed by atoms with Crippen LogP contribution in [0.3, 0.4) is 0 Å². The van der Waals surface area contributed by atoms with Crippen LogP contribution in [0.2, 0.25) is 0 Å². The lowest BCUT2D eigenvalue weighted by atomic mass is 10.1. The van der Waals surface area contributed by atoms with Crippen molar-refractivity contribution >= 4 is 17.8 Å². The summed E-state index contributed by atoms with van der Waals surface area (Å²) in [4.78, 5) is 35.9. The Morgan fingerprint density at radius 1 is 0.931 bits per heavy atom. The third-order valence-corrected chi connectivity index (χ3v) is 4.08. The molecule has 0 aliphatic carbocycles. The van der Waals surface area contributed by atoms with Crippen molar-refractivity contribution in [3.05, 3.63) is 59.7 Å². The van der Waals surface area contributed by atoms with Crippen LogP contribution >= 0.6 is 0 Å². The summed E-state index contributed by atoms with van der Waals surface area (Å²) >= 11 is 0. The van der Waals surface area contributed by atoms with Gasteiger partial charge in [-0.05, 0) is 43.2 Å². The molecule has 2 aromatic carbocycles. The van der Waals surface area contributed by atoms with Crippen molar-refractivity contribution < 1.29 is 28.6 Å². The SMILES string of the molecule is COc1ccc(CCC(=O)O[C@H](C)C(=O)NNC(=O)c2ccccc2)cc1OC. The third kappa shape index (κ3) is 6.53. The summed E-state index contributed by atoms with van der Waals surface area (Å²) in [6.07, 6.45) is -0.550. The normalized spacial score (nSPS) is 11.1. The predicted octanol–water partition coefficient (Wildman–Crippen LogP) is 2.03. The van der Waals surface area contributed by atoms with Gasteiger partial charge in [0.25, 0.3) is 11.8 Å². The Hall–Kier alpha value is -3.55. The minimum Gasteiger partial charge on any atom is -0.493 e. The maximum atomic E-state index is 12.0. The first-order valence-corrected chi connectivity index (χ1v) is 9.00. The number of hydrazine groups is 1. The highest BCUT2D eigenvalue weighted by Gasteiger charge is 2.18. The van der Waals surface area contributed by atoms with Crippen molar-refractivity contribution in [2.75, 3.05) is 14.2 Å². The minimum absolute atomic E-state index is 0.0868. The van der Waals surface area contributed by atoms with Gasteiger partial charge in [0.05, 0.1) is 14.2 Å². The molecular weight excluding hydrogens is 376 g/mol. The molecule has 0 unspecified atom stereocenters. The molecule has 2 amide bonds. The molecule has 0 radical (unpaired) electrons. The van der Waals surface area contributed by atoms with Crippen LogP contribution in [-0.4, -0.2) is 38.1 Å². The van der Waals surface area contributed by atoms with Gasteiger partial charge in [-0.1, -0.05) is 24.3 Å². The summed E-state index contributed by atoms with van der Waals surface area (Å²) in [5, 5.41) is 0. The van der Waals surface area contributed by atoms with E-state index in [0.717, 1.165) is 5.56 Å². The van der Waals surface area contributed by atoms with Gasteiger partial charge < -0.3 is 14.2 Å². The maximum absolute atomic E-state index is 12.0. The van der Waals surface area contributed by atoms with Crippen LogP contribution in [0.4, 0.5) is 0 Å². The van der Waals surface area contributed by atoms with Gasteiger partial charge in [-0.2, -0.15) is 0 Å². The predicted molar refractivity (Wildman–Crippen MR) is 105 cm³/mol. The van der Waals surface area contributed by atoms with Crippen molar-refractivity contribution in [3.8, 4) is 11.5 Å². The summed E-state index contributed by atoms with van der Waals surface area (Å²) in [6, 6.07) is 13.8. The molecule has 0 heterocycles. The second kappa shape index (κ2) is 10.7. The third-order valence-electron chi connectivity index (χ3n) is 4.08. The number of hydrogen-bond acceptors (Lipinski definition) is 6. The highest BCUT2D eigenvalue weighted by molar-refractivity contribution is 5.95. The molecular formula is C21H24N2O6. The molecule has 2 N–H and O–H groups in total. The van der Waals surface area contributed by atoms with Gasteiger partial charge in [-0.25, -0.2) is 0 Å². The fraction of sp³-hybridized carbons (Fsp3) is 0.286. The number of carbonyl (C=O) groups excluding carboxylic acids is 3. The van der Waals surface area contributed by atoms with Gasteiger partial charge in [0.1, 0.15) is 0 Å². The zero-order valence-electron chi connectivity index (χ0n) is 16.6. The van der Waals surface area contributed by atoms with Crippen LogP contribution in [0.5, 0.6) is 11.5 Å². The van der Waals surface area contributed by atoms with Crippen LogP contribution in [0.25, 0.3) is 0 Å². The first-order valence-electron chi connectivity index (χ1n) is 9.00. The first kappa shape index (κ1) is 21.7. The molecule has 1 atom stereocenters. The Balaban J connectivity index is 1.78. The standard InChI is InChI=1S/C21H24N2O6/c1-14(20(25)22-23-21(26)16-7-5-4-6-8-16)29-19(24)12-10-15-9-11-17(27-2)18(13-15)28-3/h4-9,11,13-14H,10,12H2,1-3H3,(H,22,25)(H,23,26)/t14-/m1/s1. The molecule has 0 saturated heterocycles. The van der Waals surface area contributed by atoms with Crippen molar-refractivity contribution in [1.82, 2.24) is 10.9 Å². The lowest BCUT2D eigenvalue weighted by Gasteiger charge is -2.14. The molecule has 2 aromatic rings. The Labute approximate surface area is 169 Å². The number of aryl methyl sites for hydroxylation is 1. The van der Waals surface area contributed by atoms with Gasteiger partial charge in [-0.3, -0.25) is 25.2 Å². The van der Waals surface area contributed by atoms with Crippen LogP contribution in [0.1, 0.15) is 29.3 Å². The second-order valence-electron chi connectivity index (χ2n) is 6.13. The summed E-state index contributed by atoms with van der Waals surface area (Å²) in [5.41, 5.74) is 5.78. The van der Waals surface area contributed by atoms with Crippen LogP contribution < -0.4 is 20.3 Å². The number of amides is 2. The second-order valence-corrected chi connectivity index (χ2v) is 6.13. The monoisotopic (exact) mass is 400 g/mol. The molecule has 0 aliphatic heterocycles. The molecule has 0 bridgehead atoms. The van der Waals surface area contributed by atoms with Gasteiger partial charge >= 0.3 is 5.97 Å². The van der Waals surface area contributed by atoms with Gasteiger partial charge in [-0.15, -0.1) is 0 Å². The highest BCUT2D eigenvalue weighted by Crippen LogP contribution is 2.28. The molecule has 2 rings (SSSR count). The fourth-order valence-corrected chi connectivity index (χ4v) is 2.47. The summed E-state index contributed by atoms with van der Waals surface area (Å²) in [7, 11) is 3.08. The number of ether oxygens (including phenoxy) is 3. The molecule has 0 saturated carbocycles. The van der Waals surface area contributed by atoms with Gasteiger partial charge in [0, 0.05) is 12.0 Å². The van der Waals surface area contributed by atoms with E-state index in [0.29, 0.717) is 23.5 Å². The van der Waals surface area contributed by atoms with E-state index in [9.17, 15) is 14.4 Å². The number of nitrogens with one attached hydrogen (secondary N) is 2. The Morgan fingerprint density at radius 2 is 1.62 bits per heavy atom. The molecule has 8 heteroatoms. The summed E-state index contributed by atoms with van der Waals surface area (Å²) in [5.74, 6) is -0.460. The van der Waals surface area contributed by atoms with Crippen molar-refractivity contribution in [2.24, 2.45) is 0 Å². The van der Waals surface area contributed by atoms with E-state index in [1.807, 2.05) is 6.07 Å². The van der Waals surface area contributed by atoms with Crippen molar-refractivity contribution in [1.29, 1.82) is 0 Å². The Morgan fingerprint density at radius 3 is 2.28 bits per heavy atom. The molecule has 8 nitrogen and oxygen atoms in total. The molecule has 154 valence electrons. The number of hydrogen-bond donors (Lipinski definition) is 2. The van der Waals surface area contributed by atoms with E-state index in [1.165, 1.54) is 14.0 Å². The number of esters is 1. The largest absolute Gasteiger partial charge is 0.493 e. The number of rotatable bonds is 8. The molecule has 0 aliphatic rings. The molecule has 0 aromatic heterocycles. The van der Waals surface area contributed by atoms with E-state index in [4.69, 9.17) is 14.2 Å². The number of methoxy groups -OCH3 is 2. The van der Waals surface area contributed by atoms with Crippen LogP contribution in [0.15, 0.2) is 48.5 Å². The van der Waals surface area contributed by atoms with E-state index in [1.54, 1.807) is 49.6 Å². The zero-order chi connectivity index (χ0) is 21.2. The van der Waals surface area contributed by atoms with E-state index in [-0.39, 0.29) is 6.42 Å². The lowest BCUT2D eigenvalue weighted by Crippen LogP contribution is -2.46. The molecule has 29 heavy (non-hydrogen) atoms. The first-order chi connectivity index (χ1) is 13.9. The molecule has 0 spiro atoms. The Kier molecular flexibility index (Phi) is 8.02. The highest BCUT2D eigenvalue weighted by atomic mass is 16.5.